The fraction of sp³-hybridized carbons (Fsp3) is 0.556. The van der Waals surface area contributed by atoms with Gasteiger partial charge in [-0.1, -0.05) is 43.5 Å². The summed E-state index contributed by atoms with van der Waals surface area (Å²) in [5, 5.41) is 0. The lowest BCUT2D eigenvalue weighted by Crippen LogP contribution is -2.42. The van der Waals surface area contributed by atoms with Gasteiger partial charge in [-0.05, 0) is 74.4 Å². The Hall–Kier alpha value is -2.40. The maximum absolute atomic E-state index is 13.2. The van der Waals surface area contributed by atoms with Crippen LogP contribution in [0.3, 0.4) is 0 Å². The molecule has 2 aromatic rings. The van der Waals surface area contributed by atoms with E-state index in [4.69, 9.17) is 4.74 Å². The molecule has 1 aromatic carbocycles. The number of piperidine rings is 1. The number of methoxy groups -OCH3 is 1. The monoisotopic (exact) mass is 435 g/mol. The molecule has 0 N–H and O–H groups in total. The highest BCUT2D eigenvalue weighted by molar-refractivity contribution is 5.92. The summed E-state index contributed by atoms with van der Waals surface area (Å²) in [4.78, 5) is 22.2. The number of pyridine rings is 1. The van der Waals surface area contributed by atoms with E-state index in [2.05, 4.69) is 28.1 Å². The van der Waals surface area contributed by atoms with Crippen molar-refractivity contribution in [1.29, 1.82) is 0 Å². The number of amides is 1. The molecule has 1 aliphatic heterocycles. The number of ether oxygens (including phenoxy) is 1. The van der Waals surface area contributed by atoms with Gasteiger partial charge in [0, 0.05) is 25.7 Å². The van der Waals surface area contributed by atoms with Gasteiger partial charge in [0.15, 0.2) is 0 Å². The lowest BCUT2D eigenvalue weighted by atomic mass is 9.86. The van der Waals surface area contributed by atoms with Gasteiger partial charge in [0.05, 0.1) is 7.11 Å². The van der Waals surface area contributed by atoms with Gasteiger partial charge >= 0.3 is 0 Å². The highest BCUT2D eigenvalue weighted by atomic mass is 16.5. The minimum absolute atomic E-state index is 0.236. The Morgan fingerprint density at radius 3 is 2.50 bits per heavy atom. The Morgan fingerprint density at radius 2 is 1.78 bits per heavy atom. The largest absolute Gasteiger partial charge is 0.496 e. The topological polar surface area (TPSA) is 45.7 Å². The first kappa shape index (κ1) is 22.8. The normalized spacial score (nSPS) is 18.4. The third kappa shape index (κ3) is 5.89. The summed E-state index contributed by atoms with van der Waals surface area (Å²) >= 11 is 0. The molecule has 2 heterocycles. The molecule has 5 heteroatoms. The molecule has 0 spiro atoms. The van der Waals surface area contributed by atoms with Crippen LogP contribution in [0.15, 0.2) is 48.7 Å². The Labute approximate surface area is 192 Å². The molecule has 1 saturated carbocycles. The first-order valence-electron chi connectivity index (χ1n) is 12.3. The Kier molecular flexibility index (Phi) is 8.16. The summed E-state index contributed by atoms with van der Waals surface area (Å²) < 4.78 is 5.58. The van der Waals surface area contributed by atoms with E-state index >= 15 is 0 Å². The Bertz CT molecular complexity index is 843. The summed E-state index contributed by atoms with van der Waals surface area (Å²) in [5.41, 5.74) is 1.33. The number of nitrogens with zero attached hydrogens (tertiary/aromatic N) is 3. The molecule has 1 amide bonds. The van der Waals surface area contributed by atoms with Gasteiger partial charge in [-0.15, -0.1) is 0 Å². The van der Waals surface area contributed by atoms with Gasteiger partial charge in [0.2, 0.25) is 5.91 Å². The van der Waals surface area contributed by atoms with Crippen molar-refractivity contribution < 1.29 is 9.53 Å². The second-order valence-electron chi connectivity index (χ2n) is 9.30. The standard InChI is InChI=1S/C27H37N3O2/c1-32-25-12-6-5-11-24(25)23-14-17-29(18-15-23)19-20-30(26-13-7-8-16-28-26)27(31)21-22-9-3-2-4-10-22/h5-8,11-13,16,22-23H,2-4,9-10,14-15,17-21H2,1H3. The van der Waals surface area contributed by atoms with E-state index in [9.17, 15) is 4.79 Å². The number of para-hydroxylation sites is 1. The van der Waals surface area contributed by atoms with E-state index in [1.807, 2.05) is 29.2 Å². The van der Waals surface area contributed by atoms with E-state index in [0.29, 0.717) is 24.8 Å². The molecular formula is C27H37N3O2. The maximum Gasteiger partial charge on any atom is 0.228 e. The Morgan fingerprint density at radius 1 is 1.03 bits per heavy atom. The van der Waals surface area contributed by atoms with Crippen molar-refractivity contribution in [3.05, 3.63) is 54.2 Å². The summed E-state index contributed by atoms with van der Waals surface area (Å²) in [5.74, 6) is 3.11. The van der Waals surface area contributed by atoms with Crippen LogP contribution in [0.25, 0.3) is 0 Å². The molecular weight excluding hydrogens is 398 g/mol. The van der Waals surface area contributed by atoms with Crippen molar-refractivity contribution in [2.75, 3.05) is 38.2 Å². The van der Waals surface area contributed by atoms with Crippen molar-refractivity contribution in [1.82, 2.24) is 9.88 Å². The molecule has 0 unspecified atom stereocenters. The summed E-state index contributed by atoms with van der Waals surface area (Å²) in [6, 6.07) is 14.3. The molecule has 2 fully saturated rings. The number of carbonyl (C=O) groups is 1. The number of likely N-dealkylation sites (tertiary alicyclic amines) is 1. The molecule has 32 heavy (non-hydrogen) atoms. The van der Waals surface area contributed by atoms with Crippen LogP contribution in [0.1, 0.15) is 62.8 Å². The predicted octanol–water partition coefficient (Wildman–Crippen LogP) is 5.27. The van der Waals surface area contributed by atoms with Crippen LogP contribution >= 0.6 is 0 Å². The number of aromatic nitrogens is 1. The average Bonchev–Trinajstić information content (AvgIpc) is 2.86. The average molecular weight is 436 g/mol. The zero-order chi connectivity index (χ0) is 22.2. The zero-order valence-electron chi connectivity index (χ0n) is 19.4. The lowest BCUT2D eigenvalue weighted by Gasteiger charge is -2.34. The quantitative estimate of drug-likeness (QED) is 0.566. The third-order valence-electron chi connectivity index (χ3n) is 7.22. The molecule has 0 bridgehead atoms. The van der Waals surface area contributed by atoms with Crippen LogP contribution < -0.4 is 9.64 Å². The molecule has 5 nitrogen and oxygen atoms in total. The van der Waals surface area contributed by atoms with Gasteiger partial charge < -0.3 is 9.64 Å². The highest BCUT2D eigenvalue weighted by Gasteiger charge is 2.26. The SMILES string of the molecule is COc1ccccc1C1CCN(CCN(C(=O)CC2CCCCC2)c2ccccn2)CC1. The second-order valence-corrected chi connectivity index (χ2v) is 9.30. The molecule has 1 aliphatic carbocycles. The van der Waals surface area contributed by atoms with Gasteiger partial charge in [0.1, 0.15) is 11.6 Å². The molecule has 0 radical (unpaired) electrons. The van der Waals surface area contributed by atoms with Crippen LogP contribution in [-0.4, -0.2) is 49.1 Å². The molecule has 172 valence electrons. The van der Waals surface area contributed by atoms with Gasteiger partial charge in [-0.25, -0.2) is 4.98 Å². The molecule has 1 aromatic heterocycles. The zero-order valence-corrected chi connectivity index (χ0v) is 19.4. The number of hydrogen-bond donors (Lipinski definition) is 0. The van der Waals surface area contributed by atoms with Gasteiger partial charge in [0.25, 0.3) is 0 Å². The van der Waals surface area contributed by atoms with E-state index in [1.165, 1.54) is 37.7 Å². The summed E-state index contributed by atoms with van der Waals surface area (Å²) in [6.07, 6.45) is 10.9. The number of benzene rings is 1. The molecule has 4 rings (SSSR count). The van der Waals surface area contributed by atoms with E-state index in [0.717, 1.165) is 44.0 Å². The number of carbonyl (C=O) groups excluding carboxylic acids is 1. The van der Waals surface area contributed by atoms with E-state index < -0.39 is 0 Å². The van der Waals surface area contributed by atoms with Crippen LogP contribution in [0.2, 0.25) is 0 Å². The van der Waals surface area contributed by atoms with Crippen molar-refractivity contribution in [3.8, 4) is 5.75 Å². The van der Waals surface area contributed by atoms with Crippen molar-refractivity contribution >= 4 is 11.7 Å². The number of anilines is 1. The van der Waals surface area contributed by atoms with Gasteiger partial charge in [-0.2, -0.15) is 0 Å². The molecule has 0 atom stereocenters. The first-order chi connectivity index (χ1) is 15.7. The first-order valence-corrected chi connectivity index (χ1v) is 12.3. The van der Waals surface area contributed by atoms with Crippen LogP contribution in [0, 0.1) is 5.92 Å². The van der Waals surface area contributed by atoms with E-state index in [1.54, 1.807) is 13.3 Å². The van der Waals surface area contributed by atoms with Crippen LogP contribution in [0.4, 0.5) is 5.82 Å². The fourth-order valence-electron chi connectivity index (χ4n) is 5.34. The molecule has 2 aliphatic rings. The van der Waals surface area contributed by atoms with Crippen molar-refractivity contribution in [2.45, 2.75) is 57.3 Å². The minimum Gasteiger partial charge on any atom is -0.496 e. The summed E-state index contributed by atoms with van der Waals surface area (Å²) in [7, 11) is 1.75. The smallest absolute Gasteiger partial charge is 0.228 e. The molecule has 1 saturated heterocycles. The highest BCUT2D eigenvalue weighted by Crippen LogP contribution is 2.34. The predicted molar refractivity (Wildman–Crippen MR) is 129 cm³/mol. The van der Waals surface area contributed by atoms with E-state index in [-0.39, 0.29) is 5.91 Å². The maximum atomic E-state index is 13.2. The van der Waals surface area contributed by atoms with Crippen molar-refractivity contribution in [3.63, 3.8) is 0 Å². The second kappa shape index (κ2) is 11.5. The summed E-state index contributed by atoms with van der Waals surface area (Å²) in [6.45, 7) is 3.71. The lowest BCUT2D eigenvalue weighted by molar-refractivity contribution is -0.119. The van der Waals surface area contributed by atoms with Crippen LogP contribution in [0.5, 0.6) is 5.75 Å². The van der Waals surface area contributed by atoms with Crippen molar-refractivity contribution in [2.24, 2.45) is 5.92 Å². The minimum atomic E-state index is 0.236. The van der Waals surface area contributed by atoms with Gasteiger partial charge in [-0.3, -0.25) is 9.69 Å². The number of hydrogen-bond acceptors (Lipinski definition) is 4. The Balaban J connectivity index is 1.33. The fourth-order valence-corrected chi connectivity index (χ4v) is 5.34. The third-order valence-corrected chi connectivity index (χ3v) is 7.22. The number of rotatable bonds is 8. The van der Waals surface area contributed by atoms with Crippen LogP contribution in [-0.2, 0) is 4.79 Å².